The highest BCUT2D eigenvalue weighted by molar-refractivity contribution is 5.81. The third-order valence-corrected chi connectivity index (χ3v) is 4.03. The molecule has 1 aromatic carbocycles. The number of rotatable bonds is 6. The minimum Gasteiger partial charge on any atom is -0.467 e. The van der Waals surface area contributed by atoms with Gasteiger partial charge in [0.15, 0.2) is 0 Å². The van der Waals surface area contributed by atoms with Crippen molar-refractivity contribution in [1.29, 1.82) is 0 Å². The molecule has 1 amide bonds. The molecule has 0 saturated carbocycles. The summed E-state index contributed by atoms with van der Waals surface area (Å²) in [6, 6.07) is 8.50. The number of hydrogen-bond acceptors (Lipinski definition) is 4. The number of esters is 1. The molecular weight excluding hydrogens is 332 g/mol. The molecule has 1 unspecified atom stereocenters. The van der Waals surface area contributed by atoms with Gasteiger partial charge in [-0.1, -0.05) is 42.5 Å². The van der Waals surface area contributed by atoms with Crippen LogP contribution in [0.5, 0.6) is 0 Å². The molecule has 1 atom stereocenters. The predicted octanol–water partition coefficient (Wildman–Crippen LogP) is 1.63. The molecule has 0 spiro atoms. The molecule has 26 heavy (non-hydrogen) atoms. The van der Waals surface area contributed by atoms with Gasteiger partial charge in [-0.25, -0.2) is 9.59 Å². The standard InChI is InChI=1S/C20H24N2O4/c1-4-16-15(12-21-17(16)5-2)11-18(19(23)25-3)22-20(24)26-13-14-9-7-6-8-10-14/h4-10,12,18,21H,11,13H2,1-3H3,(H,22,24). The Balaban J connectivity index is 2.07. The molecule has 0 aliphatic rings. The third kappa shape index (κ3) is 4.99. The van der Waals surface area contributed by atoms with E-state index >= 15 is 0 Å². The summed E-state index contributed by atoms with van der Waals surface area (Å²) in [5.74, 6) is -0.521. The summed E-state index contributed by atoms with van der Waals surface area (Å²) >= 11 is 0. The monoisotopic (exact) mass is 356 g/mol. The van der Waals surface area contributed by atoms with E-state index in [0.717, 1.165) is 21.7 Å². The van der Waals surface area contributed by atoms with Crippen LogP contribution in [0.15, 0.2) is 36.5 Å². The fourth-order valence-corrected chi connectivity index (χ4v) is 2.70. The van der Waals surface area contributed by atoms with Crippen molar-refractivity contribution in [2.24, 2.45) is 0 Å². The maximum atomic E-state index is 12.1. The van der Waals surface area contributed by atoms with E-state index in [1.165, 1.54) is 7.11 Å². The molecule has 138 valence electrons. The summed E-state index contributed by atoms with van der Waals surface area (Å²) in [5.41, 5.74) is 1.79. The maximum Gasteiger partial charge on any atom is 0.408 e. The number of alkyl carbamates (subject to hydrolysis) is 1. The summed E-state index contributed by atoms with van der Waals surface area (Å²) in [7, 11) is 1.29. The van der Waals surface area contributed by atoms with E-state index in [4.69, 9.17) is 9.47 Å². The number of aromatic nitrogens is 1. The van der Waals surface area contributed by atoms with Crippen molar-refractivity contribution >= 4 is 24.2 Å². The molecule has 0 aliphatic heterocycles. The lowest BCUT2D eigenvalue weighted by Crippen LogP contribution is -2.44. The van der Waals surface area contributed by atoms with Crippen molar-refractivity contribution in [3.8, 4) is 0 Å². The first-order valence-corrected chi connectivity index (χ1v) is 8.43. The summed E-state index contributed by atoms with van der Waals surface area (Å²) in [6.45, 7) is 3.99. The van der Waals surface area contributed by atoms with Crippen LogP contribution in [0.4, 0.5) is 4.79 Å². The Morgan fingerprint density at radius 2 is 1.92 bits per heavy atom. The fraction of sp³-hybridized carbons (Fsp3) is 0.300. The zero-order valence-corrected chi connectivity index (χ0v) is 15.2. The summed E-state index contributed by atoms with van der Waals surface area (Å²) in [4.78, 5) is 27.3. The lowest BCUT2D eigenvalue weighted by molar-refractivity contribution is -0.143. The number of benzene rings is 1. The SMILES string of the molecule is CC=c1[nH]cc(CC(NC(=O)OCc2ccccc2)C(=O)OC)c1=CC. The maximum absolute atomic E-state index is 12.1. The predicted molar refractivity (Wildman–Crippen MR) is 99.6 cm³/mol. The van der Waals surface area contributed by atoms with Crippen molar-refractivity contribution in [3.63, 3.8) is 0 Å². The first-order valence-electron chi connectivity index (χ1n) is 8.43. The molecule has 6 nitrogen and oxygen atoms in total. The minimum absolute atomic E-state index is 0.133. The Hall–Kier alpha value is -3.02. The number of hydrogen-bond donors (Lipinski definition) is 2. The van der Waals surface area contributed by atoms with Gasteiger partial charge in [-0.15, -0.1) is 0 Å². The Bertz CT molecular complexity index is 856. The zero-order chi connectivity index (χ0) is 18.9. The van der Waals surface area contributed by atoms with Crippen LogP contribution < -0.4 is 15.9 Å². The van der Waals surface area contributed by atoms with Crippen LogP contribution in [-0.2, 0) is 27.3 Å². The molecule has 0 fully saturated rings. The van der Waals surface area contributed by atoms with Gasteiger partial charge in [-0.05, 0) is 30.2 Å². The van der Waals surface area contributed by atoms with Crippen LogP contribution >= 0.6 is 0 Å². The van der Waals surface area contributed by atoms with Gasteiger partial charge >= 0.3 is 12.1 Å². The van der Waals surface area contributed by atoms with Crippen molar-refractivity contribution in [3.05, 3.63) is 58.2 Å². The Morgan fingerprint density at radius 1 is 1.19 bits per heavy atom. The van der Waals surface area contributed by atoms with E-state index in [-0.39, 0.29) is 6.61 Å². The second kappa shape index (κ2) is 9.46. The quantitative estimate of drug-likeness (QED) is 0.771. The van der Waals surface area contributed by atoms with E-state index in [1.54, 1.807) is 0 Å². The van der Waals surface area contributed by atoms with Crippen LogP contribution in [0, 0.1) is 0 Å². The molecule has 0 bridgehead atoms. The average Bonchev–Trinajstić information content (AvgIpc) is 3.07. The van der Waals surface area contributed by atoms with Crippen molar-refractivity contribution < 1.29 is 19.1 Å². The van der Waals surface area contributed by atoms with E-state index in [1.807, 2.05) is 62.5 Å². The summed E-state index contributed by atoms with van der Waals surface area (Å²) < 4.78 is 10.0. The van der Waals surface area contributed by atoms with Crippen molar-refractivity contribution in [1.82, 2.24) is 10.3 Å². The van der Waals surface area contributed by atoms with E-state index in [0.29, 0.717) is 6.42 Å². The number of amides is 1. The van der Waals surface area contributed by atoms with Gasteiger partial charge in [0.1, 0.15) is 12.6 Å². The lowest BCUT2D eigenvalue weighted by Gasteiger charge is -2.16. The van der Waals surface area contributed by atoms with Gasteiger partial charge in [0.25, 0.3) is 0 Å². The Morgan fingerprint density at radius 3 is 2.54 bits per heavy atom. The van der Waals surface area contributed by atoms with Crippen LogP contribution in [0.3, 0.4) is 0 Å². The van der Waals surface area contributed by atoms with Gasteiger partial charge in [0, 0.05) is 18.0 Å². The van der Waals surface area contributed by atoms with Gasteiger partial charge in [-0.2, -0.15) is 0 Å². The van der Waals surface area contributed by atoms with Gasteiger partial charge < -0.3 is 19.8 Å². The van der Waals surface area contributed by atoms with Crippen LogP contribution in [0.1, 0.15) is 25.0 Å². The highest BCUT2D eigenvalue weighted by Gasteiger charge is 2.23. The average molecular weight is 356 g/mol. The Kier molecular flexibility index (Phi) is 7.02. The van der Waals surface area contributed by atoms with Gasteiger partial charge in [0.2, 0.25) is 0 Å². The number of aromatic amines is 1. The minimum atomic E-state index is -0.831. The molecule has 0 aliphatic carbocycles. The normalized spacial score (nSPS) is 13.3. The fourth-order valence-electron chi connectivity index (χ4n) is 2.70. The second-order valence-corrected chi connectivity index (χ2v) is 5.70. The van der Waals surface area contributed by atoms with Crippen LogP contribution in [0.25, 0.3) is 12.2 Å². The molecule has 2 rings (SSSR count). The molecule has 6 heteroatoms. The number of nitrogens with one attached hydrogen (secondary N) is 2. The van der Waals surface area contributed by atoms with Crippen LogP contribution in [-0.4, -0.2) is 30.2 Å². The highest BCUT2D eigenvalue weighted by Crippen LogP contribution is 2.03. The van der Waals surface area contributed by atoms with Crippen molar-refractivity contribution in [2.75, 3.05) is 7.11 Å². The van der Waals surface area contributed by atoms with Crippen LogP contribution in [0.2, 0.25) is 0 Å². The number of carbonyl (C=O) groups excluding carboxylic acids is 2. The first-order chi connectivity index (χ1) is 12.6. The van der Waals surface area contributed by atoms with E-state index in [2.05, 4.69) is 10.3 Å². The Labute approximate surface area is 152 Å². The summed E-state index contributed by atoms with van der Waals surface area (Å²) in [5, 5.41) is 4.56. The van der Waals surface area contributed by atoms with Crippen molar-refractivity contribution in [2.45, 2.75) is 32.9 Å². The molecule has 2 N–H and O–H groups in total. The van der Waals surface area contributed by atoms with Gasteiger partial charge in [-0.3, -0.25) is 0 Å². The molecule has 0 saturated heterocycles. The molecule has 1 aromatic heterocycles. The number of methoxy groups -OCH3 is 1. The molecule has 1 heterocycles. The first kappa shape index (κ1) is 19.3. The molecular formula is C20H24N2O4. The largest absolute Gasteiger partial charge is 0.467 e. The number of carbonyl (C=O) groups is 2. The smallest absolute Gasteiger partial charge is 0.408 e. The molecule has 0 radical (unpaired) electrons. The topological polar surface area (TPSA) is 80.4 Å². The zero-order valence-electron chi connectivity index (χ0n) is 15.2. The lowest BCUT2D eigenvalue weighted by atomic mass is 10.1. The number of ether oxygens (including phenoxy) is 2. The van der Waals surface area contributed by atoms with E-state index in [9.17, 15) is 9.59 Å². The van der Waals surface area contributed by atoms with E-state index < -0.39 is 18.1 Å². The van der Waals surface area contributed by atoms with Gasteiger partial charge in [0.05, 0.1) is 7.11 Å². The highest BCUT2D eigenvalue weighted by atomic mass is 16.6. The third-order valence-electron chi connectivity index (χ3n) is 4.03. The molecule has 2 aromatic rings. The second-order valence-electron chi connectivity index (χ2n) is 5.70. The number of H-pyrrole nitrogens is 1. The summed E-state index contributed by atoms with van der Waals surface area (Å²) in [6.07, 6.45) is 5.38.